The fourth-order valence-corrected chi connectivity index (χ4v) is 7.31. The third kappa shape index (κ3) is 8.76. The summed E-state index contributed by atoms with van der Waals surface area (Å²) in [7, 11) is 0. The number of alkyl halides is 6. The molecular formula is C46H37ClF6N4. The fourth-order valence-electron chi connectivity index (χ4n) is 7.13. The van der Waals surface area contributed by atoms with E-state index < -0.39 is 23.5 Å². The van der Waals surface area contributed by atoms with Gasteiger partial charge >= 0.3 is 12.4 Å². The number of aliphatic imine (C=N–C) groups is 2. The van der Waals surface area contributed by atoms with Crippen LogP contribution in [0.4, 0.5) is 37.7 Å². The first-order valence-electron chi connectivity index (χ1n) is 18.3. The first-order valence-corrected chi connectivity index (χ1v) is 18.7. The summed E-state index contributed by atoms with van der Waals surface area (Å²) in [4.78, 5) is 14.0. The largest absolute Gasteiger partial charge is 0.416 e. The Morgan fingerprint density at radius 1 is 0.561 bits per heavy atom. The smallest absolute Gasteiger partial charge is 0.338 e. The molecule has 0 spiro atoms. The van der Waals surface area contributed by atoms with Crippen LogP contribution in [0.3, 0.4) is 0 Å². The standard InChI is InChI=1S/C46H37ClF6N4/c1-30-14-11-15-31(2)41(30)44(55-42-37(32-16-5-3-6-17-32)20-12-21-38(42)33-18-7-4-8-19-33)57-25-13-24-56(29-57)43(54-40-23-10-9-22-39(40)47)34-26-35(45(48,49)50)28-36(27-34)46(51,52)53/h3-12,14-23,26-28H,13,24-25,29H2,1-2H3. The highest BCUT2D eigenvalue weighted by Crippen LogP contribution is 2.41. The highest BCUT2D eigenvalue weighted by molar-refractivity contribution is 6.33. The second kappa shape index (κ2) is 16.3. The van der Waals surface area contributed by atoms with Crippen LogP contribution >= 0.6 is 11.6 Å². The molecule has 0 unspecified atom stereocenters. The van der Waals surface area contributed by atoms with Crippen LogP contribution in [-0.4, -0.2) is 41.2 Å². The average Bonchev–Trinajstić information content (AvgIpc) is 3.20. The molecule has 6 aromatic carbocycles. The van der Waals surface area contributed by atoms with Gasteiger partial charge in [0.25, 0.3) is 0 Å². The van der Waals surface area contributed by atoms with Crippen molar-refractivity contribution < 1.29 is 26.3 Å². The third-order valence-electron chi connectivity index (χ3n) is 9.85. The van der Waals surface area contributed by atoms with E-state index >= 15 is 0 Å². The summed E-state index contributed by atoms with van der Waals surface area (Å²) in [5.41, 5.74) is 4.14. The predicted octanol–water partition coefficient (Wildman–Crippen LogP) is 13.2. The minimum absolute atomic E-state index is 0.0433. The molecule has 7 rings (SSSR count). The number of halogens is 7. The Kier molecular flexibility index (Phi) is 11.3. The summed E-state index contributed by atoms with van der Waals surface area (Å²) >= 11 is 6.50. The second-order valence-corrected chi connectivity index (χ2v) is 14.2. The van der Waals surface area contributed by atoms with Crippen LogP contribution in [0.15, 0.2) is 150 Å². The van der Waals surface area contributed by atoms with Crippen molar-refractivity contribution >= 4 is 34.6 Å². The van der Waals surface area contributed by atoms with Gasteiger partial charge in [-0.15, -0.1) is 0 Å². The van der Waals surface area contributed by atoms with Gasteiger partial charge < -0.3 is 9.80 Å². The van der Waals surface area contributed by atoms with Gasteiger partial charge in [0.1, 0.15) is 11.7 Å². The first-order chi connectivity index (χ1) is 27.3. The molecule has 0 aliphatic carbocycles. The minimum atomic E-state index is -5.05. The molecule has 1 fully saturated rings. The SMILES string of the molecule is Cc1cccc(C)c1C(=Nc1c(-c2ccccc2)cccc1-c1ccccc1)N1CCCN(C(=Nc2ccccc2Cl)c2cc(C(F)(F)F)cc(C(F)(F)F)c2)C1. The van der Waals surface area contributed by atoms with E-state index in [-0.39, 0.29) is 41.4 Å². The van der Waals surface area contributed by atoms with Crippen LogP contribution in [0.2, 0.25) is 5.02 Å². The quantitative estimate of drug-likeness (QED) is 0.0955. The summed E-state index contributed by atoms with van der Waals surface area (Å²) in [6.07, 6.45) is -9.61. The normalized spacial score (nSPS) is 14.3. The van der Waals surface area contributed by atoms with Crippen LogP contribution in [0.25, 0.3) is 22.3 Å². The maximum atomic E-state index is 14.2. The highest BCUT2D eigenvalue weighted by Gasteiger charge is 2.38. The Bertz CT molecular complexity index is 2330. The molecule has 4 nitrogen and oxygen atoms in total. The second-order valence-electron chi connectivity index (χ2n) is 13.8. The predicted molar refractivity (Wildman–Crippen MR) is 216 cm³/mol. The fraction of sp³-hybridized carbons (Fsp3) is 0.174. The van der Waals surface area contributed by atoms with Crippen molar-refractivity contribution in [2.45, 2.75) is 32.6 Å². The summed E-state index contributed by atoms with van der Waals surface area (Å²) < 4.78 is 85.3. The maximum Gasteiger partial charge on any atom is 0.416 e. The zero-order chi connectivity index (χ0) is 40.3. The van der Waals surface area contributed by atoms with Gasteiger partial charge in [0.05, 0.1) is 34.2 Å². The van der Waals surface area contributed by atoms with E-state index in [0.29, 0.717) is 36.6 Å². The van der Waals surface area contributed by atoms with E-state index in [1.165, 1.54) is 0 Å². The molecule has 1 aliphatic rings. The van der Waals surface area contributed by atoms with Crippen molar-refractivity contribution in [2.75, 3.05) is 19.8 Å². The molecule has 1 heterocycles. The van der Waals surface area contributed by atoms with E-state index in [1.54, 1.807) is 29.2 Å². The van der Waals surface area contributed by atoms with Gasteiger partial charge in [-0.25, -0.2) is 9.98 Å². The molecule has 0 saturated carbocycles. The van der Waals surface area contributed by atoms with Crippen molar-refractivity contribution in [1.29, 1.82) is 0 Å². The molecule has 6 aromatic rings. The van der Waals surface area contributed by atoms with Gasteiger partial charge in [0.15, 0.2) is 0 Å². The van der Waals surface area contributed by atoms with Crippen LogP contribution < -0.4 is 0 Å². The summed E-state index contributed by atoms with van der Waals surface area (Å²) in [5, 5.41) is 0.190. The molecule has 0 bridgehead atoms. The Morgan fingerprint density at radius 3 is 1.58 bits per heavy atom. The topological polar surface area (TPSA) is 31.2 Å². The zero-order valence-electron chi connectivity index (χ0n) is 31.0. The molecule has 11 heteroatoms. The number of amidine groups is 2. The van der Waals surface area contributed by atoms with E-state index in [9.17, 15) is 26.3 Å². The van der Waals surface area contributed by atoms with Gasteiger partial charge in [-0.2, -0.15) is 26.3 Å². The molecule has 290 valence electrons. The summed E-state index contributed by atoms with van der Waals surface area (Å²) in [5.74, 6) is 0.521. The number of aryl methyl sites for hydroxylation is 2. The molecule has 1 saturated heterocycles. The average molecular weight is 795 g/mol. The van der Waals surface area contributed by atoms with Crippen molar-refractivity contribution in [3.05, 3.63) is 178 Å². The van der Waals surface area contributed by atoms with E-state index in [4.69, 9.17) is 21.6 Å². The van der Waals surface area contributed by atoms with Crippen LogP contribution in [0, 0.1) is 13.8 Å². The lowest BCUT2D eigenvalue weighted by molar-refractivity contribution is -0.143. The number of para-hydroxylation sites is 2. The molecule has 0 N–H and O–H groups in total. The highest BCUT2D eigenvalue weighted by atomic mass is 35.5. The number of rotatable bonds is 6. The van der Waals surface area contributed by atoms with Crippen LogP contribution in [-0.2, 0) is 12.4 Å². The van der Waals surface area contributed by atoms with Crippen molar-refractivity contribution in [3.8, 4) is 22.3 Å². The number of hydrogen-bond donors (Lipinski definition) is 0. The van der Waals surface area contributed by atoms with Gasteiger partial charge in [0, 0.05) is 35.3 Å². The summed E-state index contributed by atoms with van der Waals surface area (Å²) in [6.45, 7) is 4.81. The zero-order valence-corrected chi connectivity index (χ0v) is 31.8. The van der Waals surface area contributed by atoms with Gasteiger partial charge in [-0.05, 0) is 72.9 Å². The Hall–Kier alpha value is -5.87. The van der Waals surface area contributed by atoms with Crippen molar-refractivity contribution in [3.63, 3.8) is 0 Å². The van der Waals surface area contributed by atoms with Crippen molar-refractivity contribution in [2.24, 2.45) is 9.98 Å². The molecule has 0 radical (unpaired) electrons. The lowest BCUT2D eigenvalue weighted by Gasteiger charge is -2.40. The van der Waals surface area contributed by atoms with Crippen LogP contribution in [0.1, 0.15) is 39.8 Å². The summed E-state index contributed by atoms with van der Waals surface area (Å²) in [6, 6.07) is 39.8. The Balaban J connectivity index is 1.44. The molecule has 0 aromatic heterocycles. The lowest BCUT2D eigenvalue weighted by atomic mass is 9.95. The monoisotopic (exact) mass is 794 g/mol. The van der Waals surface area contributed by atoms with Crippen LogP contribution in [0.5, 0.6) is 0 Å². The van der Waals surface area contributed by atoms with E-state index in [0.717, 1.165) is 38.9 Å². The van der Waals surface area contributed by atoms with Gasteiger partial charge in [-0.3, -0.25) is 0 Å². The minimum Gasteiger partial charge on any atom is -0.338 e. The molecular weight excluding hydrogens is 758 g/mol. The first kappa shape index (κ1) is 39.4. The molecule has 0 atom stereocenters. The van der Waals surface area contributed by atoms with Crippen molar-refractivity contribution in [1.82, 2.24) is 9.80 Å². The molecule has 57 heavy (non-hydrogen) atoms. The molecule has 1 aliphatic heterocycles. The van der Waals surface area contributed by atoms with E-state index in [2.05, 4.69) is 0 Å². The molecule has 0 amide bonds. The third-order valence-corrected chi connectivity index (χ3v) is 10.2. The number of hydrogen-bond acceptors (Lipinski definition) is 2. The lowest BCUT2D eigenvalue weighted by Crippen LogP contribution is -2.50. The van der Waals surface area contributed by atoms with Gasteiger partial charge in [-0.1, -0.05) is 121 Å². The Labute approximate surface area is 332 Å². The number of nitrogens with zero attached hydrogens (tertiary/aromatic N) is 4. The van der Waals surface area contributed by atoms with E-state index in [1.807, 2.05) is 116 Å². The maximum absolute atomic E-state index is 14.2. The Morgan fingerprint density at radius 2 is 1.05 bits per heavy atom. The van der Waals surface area contributed by atoms with Gasteiger partial charge in [0.2, 0.25) is 0 Å². The number of benzene rings is 6.